The maximum Gasteiger partial charge on any atom is 0.255 e. The van der Waals surface area contributed by atoms with Gasteiger partial charge in [-0.25, -0.2) is 4.98 Å². The van der Waals surface area contributed by atoms with Gasteiger partial charge in [-0.05, 0) is 30.5 Å². The molecule has 1 amide bonds. The zero-order chi connectivity index (χ0) is 15.8. The van der Waals surface area contributed by atoms with Crippen molar-refractivity contribution in [1.29, 1.82) is 0 Å². The van der Waals surface area contributed by atoms with Crippen LogP contribution in [-0.4, -0.2) is 38.4 Å². The number of fused-ring (bicyclic) bond motifs is 2. The van der Waals surface area contributed by atoms with Crippen LogP contribution in [0, 0.1) is 5.92 Å². The third-order valence-corrected chi connectivity index (χ3v) is 4.66. The highest BCUT2D eigenvalue weighted by molar-refractivity contribution is 5.95. The van der Waals surface area contributed by atoms with Gasteiger partial charge in [0, 0.05) is 56.9 Å². The maximum absolute atomic E-state index is 12.7. The minimum Gasteiger partial charge on any atom is -0.341 e. The van der Waals surface area contributed by atoms with Gasteiger partial charge in [0.1, 0.15) is 5.82 Å². The van der Waals surface area contributed by atoms with Crippen LogP contribution in [0.1, 0.15) is 22.6 Å². The molecule has 1 aliphatic rings. The molecule has 3 aromatic heterocycles. The van der Waals surface area contributed by atoms with Gasteiger partial charge in [-0.1, -0.05) is 6.07 Å². The summed E-state index contributed by atoms with van der Waals surface area (Å²) in [4.78, 5) is 18.9. The van der Waals surface area contributed by atoms with Crippen LogP contribution in [0.3, 0.4) is 0 Å². The second kappa shape index (κ2) is 5.57. The van der Waals surface area contributed by atoms with Crippen LogP contribution >= 0.6 is 0 Å². The highest BCUT2D eigenvalue weighted by Gasteiger charge is 2.22. The Morgan fingerprint density at radius 2 is 2.30 bits per heavy atom. The first kappa shape index (κ1) is 14.1. The summed E-state index contributed by atoms with van der Waals surface area (Å²) in [6.45, 7) is 1.73. The van der Waals surface area contributed by atoms with Gasteiger partial charge in [-0.15, -0.1) is 0 Å². The summed E-state index contributed by atoms with van der Waals surface area (Å²) in [6.07, 6.45) is 9.85. The van der Waals surface area contributed by atoms with E-state index >= 15 is 0 Å². The van der Waals surface area contributed by atoms with Crippen molar-refractivity contribution in [3.05, 3.63) is 60.4 Å². The summed E-state index contributed by atoms with van der Waals surface area (Å²) in [7, 11) is 1.90. The van der Waals surface area contributed by atoms with E-state index in [2.05, 4.69) is 9.55 Å². The van der Waals surface area contributed by atoms with Crippen molar-refractivity contribution in [1.82, 2.24) is 18.9 Å². The van der Waals surface area contributed by atoms with E-state index in [1.165, 1.54) is 0 Å². The first-order chi connectivity index (χ1) is 11.2. The molecule has 0 unspecified atom stereocenters. The third-order valence-electron chi connectivity index (χ3n) is 4.66. The molecule has 5 nitrogen and oxygen atoms in total. The normalized spacial score (nSPS) is 17.2. The van der Waals surface area contributed by atoms with E-state index in [0.29, 0.717) is 5.92 Å². The lowest BCUT2D eigenvalue weighted by atomic mass is 9.99. The molecule has 0 N–H and O–H groups in total. The molecule has 5 heteroatoms. The zero-order valence-electron chi connectivity index (χ0n) is 13.2. The van der Waals surface area contributed by atoms with E-state index in [1.807, 2.05) is 65.4 Å². The van der Waals surface area contributed by atoms with E-state index < -0.39 is 0 Å². The molecular formula is C18H20N4O. The van der Waals surface area contributed by atoms with Crippen LogP contribution in [0.25, 0.3) is 5.52 Å². The number of hydrogen-bond acceptors (Lipinski definition) is 2. The number of hydrogen-bond donors (Lipinski definition) is 0. The predicted molar refractivity (Wildman–Crippen MR) is 88.4 cm³/mol. The van der Waals surface area contributed by atoms with Crippen molar-refractivity contribution >= 4 is 11.4 Å². The van der Waals surface area contributed by atoms with Gasteiger partial charge in [0.05, 0.1) is 5.56 Å². The minimum absolute atomic E-state index is 0.0881. The van der Waals surface area contributed by atoms with E-state index in [1.54, 1.807) is 0 Å². The monoisotopic (exact) mass is 308 g/mol. The second-order valence-corrected chi connectivity index (χ2v) is 6.35. The maximum atomic E-state index is 12.7. The summed E-state index contributed by atoms with van der Waals surface area (Å²) < 4.78 is 4.19. The lowest BCUT2D eigenvalue weighted by Crippen LogP contribution is -2.35. The van der Waals surface area contributed by atoms with Crippen molar-refractivity contribution in [3.63, 3.8) is 0 Å². The molecule has 1 atom stereocenters. The van der Waals surface area contributed by atoms with Gasteiger partial charge < -0.3 is 13.9 Å². The Labute approximate surface area is 135 Å². The van der Waals surface area contributed by atoms with Crippen LogP contribution in [-0.2, 0) is 13.0 Å². The molecule has 0 aromatic carbocycles. The average Bonchev–Trinajstić information content (AvgIpc) is 3.19. The molecule has 118 valence electrons. The van der Waals surface area contributed by atoms with Crippen LogP contribution in [0.2, 0.25) is 0 Å². The largest absolute Gasteiger partial charge is 0.341 e. The number of rotatable bonds is 3. The first-order valence-electron chi connectivity index (χ1n) is 8.03. The Morgan fingerprint density at radius 3 is 3.17 bits per heavy atom. The zero-order valence-corrected chi connectivity index (χ0v) is 13.2. The Hall–Kier alpha value is -2.56. The Kier molecular flexibility index (Phi) is 3.41. The summed E-state index contributed by atoms with van der Waals surface area (Å²) in [6, 6.07) is 7.92. The highest BCUT2D eigenvalue weighted by Crippen LogP contribution is 2.20. The van der Waals surface area contributed by atoms with E-state index in [-0.39, 0.29) is 5.91 Å². The molecule has 23 heavy (non-hydrogen) atoms. The molecular weight excluding hydrogens is 288 g/mol. The number of carbonyl (C=O) groups excluding carboxylic acids is 1. The average molecular weight is 308 g/mol. The summed E-state index contributed by atoms with van der Waals surface area (Å²) in [5, 5.41) is 0. The second-order valence-electron chi connectivity index (χ2n) is 6.35. The topological polar surface area (TPSA) is 42.5 Å². The molecule has 4 rings (SSSR count). The first-order valence-corrected chi connectivity index (χ1v) is 8.03. The molecule has 1 aliphatic heterocycles. The molecule has 0 aliphatic carbocycles. The molecule has 0 bridgehead atoms. The number of aromatic nitrogens is 3. The summed E-state index contributed by atoms with van der Waals surface area (Å²) >= 11 is 0. The molecule has 0 saturated carbocycles. The van der Waals surface area contributed by atoms with Gasteiger partial charge in [-0.3, -0.25) is 4.79 Å². The van der Waals surface area contributed by atoms with E-state index in [9.17, 15) is 4.79 Å². The summed E-state index contributed by atoms with van der Waals surface area (Å²) in [5.41, 5.74) is 1.79. The number of amides is 1. The van der Waals surface area contributed by atoms with Crippen molar-refractivity contribution < 1.29 is 4.79 Å². The molecule has 3 aromatic rings. The fourth-order valence-electron chi connectivity index (χ4n) is 3.45. The fraction of sp³-hybridized carbons (Fsp3) is 0.333. The van der Waals surface area contributed by atoms with Crippen LogP contribution in [0.15, 0.2) is 49.1 Å². The lowest BCUT2D eigenvalue weighted by molar-refractivity contribution is 0.0760. The SMILES string of the molecule is CN(C[C@H]1CCc2nccn2C1)C(=O)c1cc2ccccn2c1. The predicted octanol–water partition coefficient (Wildman–Crippen LogP) is 2.47. The molecule has 0 spiro atoms. The number of nitrogens with zero attached hydrogens (tertiary/aromatic N) is 4. The standard InChI is InChI=1S/C18H20N4O/c1-20(11-14-5-6-17-19-7-9-22(17)12-14)18(23)15-10-16-4-2-3-8-21(16)13-15/h2-4,7-10,13-14H,5-6,11-12H2,1H3/t14-/m1/s1. The quantitative estimate of drug-likeness (QED) is 0.746. The number of aryl methyl sites for hydroxylation is 1. The fourth-order valence-corrected chi connectivity index (χ4v) is 3.45. The third kappa shape index (κ3) is 2.63. The van der Waals surface area contributed by atoms with Crippen molar-refractivity contribution in [2.75, 3.05) is 13.6 Å². The number of imidazole rings is 1. The van der Waals surface area contributed by atoms with Gasteiger partial charge in [-0.2, -0.15) is 0 Å². The minimum atomic E-state index is 0.0881. The van der Waals surface area contributed by atoms with Crippen molar-refractivity contribution in [3.8, 4) is 0 Å². The summed E-state index contributed by atoms with van der Waals surface area (Å²) in [5.74, 6) is 1.74. The Bertz CT molecular complexity index is 814. The smallest absolute Gasteiger partial charge is 0.255 e. The van der Waals surface area contributed by atoms with Crippen molar-refractivity contribution in [2.24, 2.45) is 5.92 Å². The van der Waals surface area contributed by atoms with Crippen LogP contribution in [0.4, 0.5) is 0 Å². The Morgan fingerprint density at radius 1 is 1.39 bits per heavy atom. The van der Waals surface area contributed by atoms with Gasteiger partial charge >= 0.3 is 0 Å². The van der Waals surface area contributed by atoms with Gasteiger partial charge in [0.25, 0.3) is 5.91 Å². The Balaban J connectivity index is 1.46. The van der Waals surface area contributed by atoms with Crippen LogP contribution < -0.4 is 0 Å². The van der Waals surface area contributed by atoms with Gasteiger partial charge in [0.15, 0.2) is 0 Å². The molecule has 0 saturated heterocycles. The van der Waals surface area contributed by atoms with Crippen molar-refractivity contribution in [2.45, 2.75) is 19.4 Å². The number of carbonyl (C=O) groups is 1. The van der Waals surface area contributed by atoms with Gasteiger partial charge in [0.2, 0.25) is 0 Å². The molecule has 4 heterocycles. The lowest BCUT2D eigenvalue weighted by Gasteiger charge is -2.28. The highest BCUT2D eigenvalue weighted by atomic mass is 16.2. The van der Waals surface area contributed by atoms with E-state index in [0.717, 1.165) is 42.8 Å². The molecule has 0 fully saturated rings. The van der Waals surface area contributed by atoms with E-state index in [4.69, 9.17) is 0 Å². The molecule has 0 radical (unpaired) electrons. The van der Waals surface area contributed by atoms with Crippen LogP contribution in [0.5, 0.6) is 0 Å². The number of pyridine rings is 1.